The number of hydrogen-bond acceptors (Lipinski definition) is 3. The van der Waals surface area contributed by atoms with Gasteiger partial charge < -0.3 is 5.73 Å². The molecule has 1 aromatic heterocycles. The first-order chi connectivity index (χ1) is 9.86. The summed E-state index contributed by atoms with van der Waals surface area (Å²) in [6.45, 7) is 0.687. The van der Waals surface area contributed by atoms with E-state index in [1.54, 1.807) is 0 Å². The van der Waals surface area contributed by atoms with Gasteiger partial charge in [-0.15, -0.1) is 0 Å². The summed E-state index contributed by atoms with van der Waals surface area (Å²) in [4.78, 5) is 8.99. The number of benzene rings is 1. The molecule has 1 aliphatic rings. The number of aryl methyl sites for hydroxylation is 3. The maximum atomic E-state index is 5.55. The summed E-state index contributed by atoms with van der Waals surface area (Å²) in [6.07, 6.45) is 8.71. The molecular weight excluding hydrogens is 246 g/mol. The number of fused-ring (bicyclic) bond motifs is 1. The van der Waals surface area contributed by atoms with Crippen molar-refractivity contribution in [1.82, 2.24) is 9.97 Å². The van der Waals surface area contributed by atoms with E-state index in [4.69, 9.17) is 5.73 Å². The zero-order valence-electron chi connectivity index (χ0n) is 11.8. The molecule has 3 heteroatoms. The van der Waals surface area contributed by atoms with Gasteiger partial charge in [0.25, 0.3) is 0 Å². The van der Waals surface area contributed by atoms with E-state index in [9.17, 15) is 0 Å². The first-order valence-electron chi connectivity index (χ1n) is 7.51. The highest BCUT2D eigenvalue weighted by molar-refractivity contribution is 5.61. The largest absolute Gasteiger partial charge is 0.330 e. The third-order valence-corrected chi connectivity index (χ3v) is 3.95. The number of nitrogens with two attached hydrogens (primary N) is 1. The standard InChI is InChI=1S/C17H21N3/c18-10-3-6-17-19-11-9-16(20-17)15-8-7-13-4-1-2-5-14(13)12-15/h7-9,11-12H,1-6,10,18H2. The predicted molar refractivity (Wildman–Crippen MR) is 81.5 cm³/mol. The molecule has 0 radical (unpaired) electrons. The minimum atomic E-state index is 0.687. The van der Waals surface area contributed by atoms with Crippen LogP contribution in [-0.2, 0) is 19.3 Å². The van der Waals surface area contributed by atoms with Gasteiger partial charge in [-0.1, -0.05) is 12.1 Å². The minimum absolute atomic E-state index is 0.687. The molecule has 0 aliphatic heterocycles. The number of hydrogen-bond donors (Lipinski definition) is 1. The minimum Gasteiger partial charge on any atom is -0.330 e. The van der Waals surface area contributed by atoms with Gasteiger partial charge in [0.2, 0.25) is 0 Å². The monoisotopic (exact) mass is 267 g/mol. The fourth-order valence-electron chi connectivity index (χ4n) is 2.83. The van der Waals surface area contributed by atoms with Crippen LogP contribution in [-0.4, -0.2) is 16.5 Å². The molecule has 1 aromatic carbocycles. The predicted octanol–water partition coefficient (Wildman–Crippen LogP) is 2.91. The lowest BCUT2D eigenvalue weighted by Gasteiger charge is -2.16. The average molecular weight is 267 g/mol. The Morgan fingerprint density at radius 3 is 2.75 bits per heavy atom. The molecule has 3 nitrogen and oxygen atoms in total. The van der Waals surface area contributed by atoms with Crippen molar-refractivity contribution in [3.8, 4) is 11.3 Å². The van der Waals surface area contributed by atoms with Gasteiger partial charge in [-0.25, -0.2) is 9.97 Å². The Labute approximate surface area is 120 Å². The van der Waals surface area contributed by atoms with E-state index in [2.05, 4.69) is 28.2 Å². The molecule has 1 aliphatic carbocycles. The van der Waals surface area contributed by atoms with Crippen LogP contribution in [0.2, 0.25) is 0 Å². The number of nitrogens with zero attached hydrogens (tertiary/aromatic N) is 2. The maximum Gasteiger partial charge on any atom is 0.128 e. The van der Waals surface area contributed by atoms with Crippen molar-refractivity contribution in [3.05, 3.63) is 47.4 Å². The fourth-order valence-corrected chi connectivity index (χ4v) is 2.83. The molecule has 1 heterocycles. The Kier molecular flexibility index (Phi) is 4.07. The van der Waals surface area contributed by atoms with Gasteiger partial charge in [-0.2, -0.15) is 0 Å². The smallest absolute Gasteiger partial charge is 0.128 e. The summed E-state index contributed by atoms with van der Waals surface area (Å²) < 4.78 is 0. The first-order valence-corrected chi connectivity index (χ1v) is 7.51. The lowest BCUT2D eigenvalue weighted by molar-refractivity contribution is 0.686. The molecule has 0 fully saturated rings. The molecule has 0 amide bonds. The quantitative estimate of drug-likeness (QED) is 0.926. The molecule has 0 atom stereocenters. The Balaban J connectivity index is 1.88. The molecule has 2 N–H and O–H groups in total. The van der Waals surface area contributed by atoms with Crippen LogP contribution in [0, 0.1) is 0 Å². The maximum absolute atomic E-state index is 5.55. The van der Waals surface area contributed by atoms with Gasteiger partial charge >= 0.3 is 0 Å². The lowest BCUT2D eigenvalue weighted by Crippen LogP contribution is -2.04. The van der Waals surface area contributed by atoms with E-state index >= 15 is 0 Å². The van der Waals surface area contributed by atoms with Crippen molar-refractivity contribution in [2.24, 2.45) is 5.73 Å². The first kappa shape index (κ1) is 13.3. The van der Waals surface area contributed by atoms with E-state index < -0.39 is 0 Å². The van der Waals surface area contributed by atoms with E-state index in [1.807, 2.05) is 12.3 Å². The summed E-state index contributed by atoms with van der Waals surface area (Å²) >= 11 is 0. The van der Waals surface area contributed by atoms with E-state index in [0.717, 1.165) is 24.4 Å². The molecule has 104 valence electrons. The second kappa shape index (κ2) is 6.14. The van der Waals surface area contributed by atoms with Crippen LogP contribution < -0.4 is 5.73 Å². The summed E-state index contributed by atoms with van der Waals surface area (Å²) in [5, 5.41) is 0. The van der Waals surface area contributed by atoms with Gasteiger partial charge in [0.15, 0.2) is 0 Å². The Hall–Kier alpha value is -1.74. The molecule has 0 bridgehead atoms. The van der Waals surface area contributed by atoms with Crippen LogP contribution in [0.5, 0.6) is 0 Å². The topological polar surface area (TPSA) is 51.8 Å². The second-order valence-corrected chi connectivity index (χ2v) is 5.44. The zero-order valence-corrected chi connectivity index (χ0v) is 11.8. The molecule has 20 heavy (non-hydrogen) atoms. The highest BCUT2D eigenvalue weighted by Crippen LogP contribution is 2.26. The van der Waals surface area contributed by atoms with Gasteiger partial charge in [0, 0.05) is 18.2 Å². The highest BCUT2D eigenvalue weighted by atomic mass is 14.9. The van der Waals surface area contributed by atoms with Gasteiger partial charge in [-0.3, -0.25) is 0 Å². The van der Waals surface area contributed by atoms with Gasteiger partial charge in [0.05, 0.1) is 5.69 Å². The third kappa shape index (κ3) is 2.88. The fraction of sp³-hybridized carbons (Fsp3) is 0.412. The summed E-state index contributed by atoms with van der Waals surface area (Å²) in [5.41, 5.74) is 10.8. The molecule has 2 aromatic rings. The summed E-state index contributed by atoms with van der Waals surface area (Å²) in [7, 11) is 0. The Morgan fingerprint density at radius 2 is 1.90 bits per heavy atom. The molecular formula is C17H21N3. The van der Waals surface area contributed by atoms with Crippen LogP contribution in [0.1, 0.15) is 36.2 Å². The van der Waals surface area contributed by atoms with E-state index in [-0.39, 0.29) is 0 Å². The SMILES string of the molecule is NCCCc1nccc(-c2ccc3c(c2)CCCC3)n1. The van der Waals surface area contributed by atoms with Gasteiger partial charge in [-0.05, 0) is 61.9 Å². The summed E-state index contributed by atoms with van der Waals surface area (Å²) in [5.74, 6) is 0.894. The van der Waals surface area contributed by atoms with Crippen LogP contribution >= 0.6 is 0 Å². The van der Waals surface area contributed by atoms with Crippen molar-refractivity contribution >= 4 is 0 Å². The van der Waals surface area contributed by atoms with Crippen molar-refractivity contribution < 1.29 is 0 Å². The third-order valence-electron chi connectivity index (χ3n) is 3.95. The second-order valence-electron chi connectivity index (χ2n) is 5.44. The normalized spacial score (nSPS) is 14.1. The molecule has 0 spiro atoms. The summed E-state index contributed by atoms with van der Waals surface area (Å²) in [6, 6.07) is 8.77. The molecule has 0 saturated carbocycles. The average Bonchev–Trinajstić information content (AvgIpc) is 2.53. The Morgan fingerprint density at radius 1 is 1.05 bits per heavy atom. The molecule has 0 saturated heterocycles. The number of aromatic nitrogens is 2. The van der Waals surface area contributed by atoms with Crippen molar-refractivity contribution in [1.29, 1.82) is 0 Å². The zero-order chi connectivity index (χ0) is 13.8. The highest BCUT2D eigenvalue weighted by Gasteiger charge is 2.11. The lowest BCUT2D eigenvalue weighted by atomic mass is 9.90. The van der Waals surface area contributed by atoms with Crippen LogP contribution in [0.15, 0.2) is 30.5 Å². The van der Waals surface area contributed by atoms with Crippen molar-refractivity contribution in [2.75, 3.05) is 6.54 Å². The van der Waals surface area contributed by atoms with Gasteiger partial charge in [0.1, 0.15) is 5.82 Å². The van der Waals surface area contributed by atoms with E-state index in [0.29, 0.717) is 6.54 Å². The van der Waals surface area contributed by atoms with E-state index in [1.165, 1.54) is 42.4 Å². The van der Waals surface area contributed by atoms with Crippen molar-refractivity contribution in [2.45, 2.75) is 38.5 Å². The molecule has 0 unspecified atom stereocenters. The van der Waals surface area contributed by atoms with Crippen LogP contribution in [0.4, 0.5) is 0 Å². The molecule has 3 rings (SSSR count). The van der Waals surface area contributed by atoms with Crippen LogP contribution in [0.25, 0.3) is 11.3 Å². The Bertz CT molecular complexity index is 593. The van der Waals surface area contributed by atoms with Crippen molar-refractivity contribution in [3.63, 3.8) is 0 Å². The number of rotatable bonds is 4. The van der Waals surface area contributed by atoms with Crippen LogP contribution in [0.3, 0.4) is 0 Å².